The Balaban J connectivity index is 1.18. The summed E-state index contributed by atoms with van der Waals surface area (Å²) in [6.45, 7) is 3.79. The molecule has 55 heavy (non-hydrogen) atoms. The number of hydrogen-bond acceptors (Lipinski definition) is 8. The monoisotopic (exact) mass is 950 g/mol. The number of methoxy groups -OCH3 is 1. The molecule has 2 aromatic heterocycles. The number of carbonyl (C=O) groups is 4. The third-order valence-electron chi connectivity index (χ3n) is 12.2. The van der Waals surface area contributed by atoms with Crippen LogP contribution in [0.25, 0.3) is 20.7 Å². The van der Waals surface area contributed by atoms with Crippen LogP contribution >= 0.6 is 61.5 Å². The van der Waals surface area contributed by atoms with Crippen LogP contribution < -0.4 is 14.5 Å². The van der Waals surface area contributed by atoms with Crippen molar-refractivity contribution in [3.05, 3.63) is 96.5 Å². The fourth-order valence-electron chi connectivity index (χ4n) is 9.61. The van der Waals surface area contributed by atoms with E-state index in [2.05, 4.69) is 38.5 Å². The predicted molar refractivity (Wildman–Crippen MR) is 222 cm³/mol. The topological polar surface area (TPSA) is 122 Å². The summed E-state index contributed by atoms with van der Waals surface area (Å²) in [4.78, 5) is 62.0. The van der Waals surface area contributed by atoms with Gasteiger partial charge in [0, 0.05) is 42.4 Å². The number of amides is 4. The van der Waals surface area contributed by atoms with Gasteiger partial charge in [0.25, 0.3) is 0 Å². The van der Waals surface area contributed by atoms with E-state index < -0.39 is 46.8 Å². The van der Waals surface area contributed by atoms with Crippen LogP contribution in [0.3, 0.4) is 0 Å². The highest BCUT2D eigenvalue weighted by Crippen LogP contribution is 2.65. The van der Waals surface area contributed by atoms with Crippen LogP contribution in [0.5, 0.6) is 11.5 Å². The average molecular weight is 952 g/mol. The summed E-state index contributed by atoms with van der Waals surface area (Å²) in [5.74, 6) is -4.75. The first-order chi connectivity index (χ1) is 26.2. The molecular formula is C41H33BrClIN4O6S. The summed E-state index contributed by atoms with van der Waals surface area (Å²) < 4.78 is 9.73. The minimum atomic E-state index is -1.38. The number of aryl methyl sites for hydroxylation is 2. The molecule has 3 fully saturated rings. The Morgan fingerprint density at radius 1 is 1.00 bits per heavy atom. The van der Waals surface area contributed by atoms with E-state index in [0.29, 0.717) is 32.3 Å². The van der Waals surface area contributed by atoms with Gasteiger partial charge >= 0.3 is 0 Å². The van der Waals surface area contributed by atoms with E-state index in [0.717, 1.165) is 29.7 Å². The maximum absolute atomic E-state index is 15.2. The van der Waals surface area contributed by atoms with Crippen molar-refractivity contribution in [1.29, 1.82) is 0 Å². The first-order valence-corrected chi connectivity index (χ1v) is 20.8. The quantitative estimate of drug-likeness (QED) is 0.106. The Hall–Kier alpha value is -4.05. The van der Waals surface area contributed by atoms with Gasteiger partial charge in [-0.25, -0.2) is 4.90 Å². The second-order valence-electron chi connectivity index (χ2n) is 14.9. The van der Waals surface area contributed by atoms with Crippen molar-refractivity contribution in [2.45, 2.75) is 32.6 Å². The highest BCUT2D eigenvalue weighted by atomic mass is 127. The van der Waals surface area contributed by atoms with Crippen molar-refractivity contribution >= 4 is 107 Å². The molecule has 14 heteroatoms. The highest BCUT2D eigenvalue weighted by Gasteiger charge is 2.68. The molecule has 1 N–H and O–H groups in total. The van der Waals surface area contributed by atoms with E-state index in [9.17, 15) is 19.5 Å². The molecule has 3 aromatic carbocycles. The third kappa shape index (κ3) is 5.25. The van der Waals surface area contributed by atoms with Crippen molar-refractivity contribution < 1.29 is 29.0 Å². The van der Waals surface area contributed by atoms with E-state index in [4.69, 9.17) is 21.4 Å². The zero-order valence-corrected chi connectivity index (χ0v) is 35.3. The van der Waals surface area contributed by atoms with Crippen molar-refractivity contribution in [3.63, 3.8) is 0 Å². The molecule has 280 valence electrons. The molecule has 4 aliphatic rings. The summed E-state index contributed by atoms with van der Waals surface area (Å²) in [6.07, 6.45) is 2.42. The average Bonchev–Trinajstić information content (AvgIpc) is 3.83. The van der Waals surface area contributed by atoms with Gasteiger partial charge < -0.3 is 9.84 Å². The Bertz CT molecular complexity index is 2570. The normalized spacial score (nSPS) is 26.1. The van der Waals surface area contributed by atoms with E-state index in [-0.39, 0.29) is 36.2 Å². The molecule has 6 atom stereocenters. The summed E-state index contributed by atoms with van der Waals surface area (Å²) in [5, 5.41) is 18.2. The van der Waals surface area contributed by atoms with Gasteiger partial charge in [-0.2, -0.15) is 5.10 Å². The summed E-state index contributed by atoms with van der Waals surface area (Å²) in [7, 11) is 3.16. The Kier molecular flexibility index (Phi) is 8.65. The number of fused-ring (bicyclic) bond motifs is 5. The molecule has 4 heterocycles. The van der Waals surface area contributed by atoms with Crippen molar-refractivity contribution in [3.8, 4) is 22.1 Å². The molecule has 0 bridgehead atoms. The summed E-state index contributed by atoms with van der Waals surface area (Å²) in [6, 6.07) is 18.1. The number of halogens is 3. The first kappa shape index (κ1) is 36.6. The molecule has 4 amide bonds. The Morgan fingerprint density at radius 2 is 1.75 bits per heavy atom. The molecule has 0 unspecified atom stereocenters. The number of hydrogen-bond donors (Lipinski definition) is 1. The summed E-state index contributed by atoms with van der Waals surface area (Å²) in [5.41, 5.74) is 1.88. The minimum Gasteiger partial charge on any atom is -0.504 e. The first-order valence-electron chi connectivity index (χ1n) is 17.8. The lowest BCUT2D eigenvalue weighted by Crippen LogP contribution is -2.49. The summed E-state index contributed by atoms with van der Waals surface area (Å²) >= 11 is 13.6. The van der Waals surface area contributed by atoms with Gasteiger partial charge in [0.2, 0.25) is 23.6 Å². The van der Waals surface area contributed by atoms with E-state index in [1.807, 2.05) is 43.3 Å². The lowest BCUT2D eigenvalue weighted by molar-refractivity contribution is -0.131. The molecule has 9 rings (SSSR count). The molecule has 2 aliphatic heterocycles. The van der Waals surface area contributed by atoms with Gasteiger partial charge in [0.1, 0.15) is 11.5 Å². The van der Waals surface area contributed by atoms with Gasteiger partial charge in [-0.1, -0.05) is 39.2 Å². The van der Waals surface area contributed by atoms with Crippen LogP contribution in [0.1, 0.15) is 36.8 Å². The number of phenols is 1. The van der Waals surface area contributed by atoms with Gasteiger partial charge in [-0.15, -0.1) is 11.3 Å². The molecule has 5 aromatic rings. The number of aromatic nitrogens is 2. The van der Waals surface area contributed by atoms with Crippen LogP contribution in [-0.4, -0.2) is 45.6 Å². The number of rotatable bonds is 5. The van der Waals surface area contributed by atoms with Gasteiger partial charge in [0.05, 0.1) is 40.8 Å². The molecule has 10 nitrogen and oxygen atoms in total. The molecule has 0 radical (unpaired) electrons. The number of aromatic hydroxyl groups is 1. The van der Waals surface area contributed by atoms with Crippen molar-refractivity contribution in [1.82, 2.24) is 9.78 Å². The van der Waals surface area contributed by atoms with E-state index in [1.165, 1.54) is 16.9 Å². The van der Waals surface area contributed by atoms with Gasteiger partial charge in [0.15, 0.2) is 11.5 Å². The van der Waals surface area contributed by atoms with Crippen LogP contribution in [-0.2, 0) is 26.2 Å². The van der Waals surface area contributed by atoms with Crippen LogP contribution in [0.15, 0.2) is 76.8 Å². The van der Waals surface area contributed by atoms with E-state index >= 15 is 4.79 Å². The van der Waals surface area contributed by atoms with Crippen LogP contribution in [0.4, 0.5) is 11.5 Å². The number of nitrogens with zero attached hydrogens (tertiary/aromatic N) is 4. The Morgan fingerprint density at radius 3 is 2.47 bits per heavy atom. The maximum Gasteiger partial charge on any atom is 0.242 e. The van der Waals surface area contributed by atoms with Crippen LogP contribution in [0.2, 0.25) is 5.02 Å². The fourth-order valence-corrected chi connectivity index (χ4v) is 11.7. The number of thiophene rings is 1. The lowest BCUT2D eigenvalue weighted by Gasteiger charge is -2.49. The maximum atomic E-state index is 15.2. The third-order valence-corrected chi connectivity index (χ3v) is 14.9. The number of anilines is 2. The molecule has 2 saturated heterocycles. The highest BCUT2D eigenvalue weighted by molar-refractivity contribution is 14.1. The molecule has 2 aliphatic carbocycles. The van der Waals surface area contributed by atoms with Crippen molar-refractivity contribution in [2.24, 2.45) is 36.1 Å². The number of ether oxygens (including phenoxy) is 1. The number of benzene rings is 3. The van der Waals surface area contributed by atoms with Crippen molar-refractivity contribution in [2.75, 3.05) is 16.9 Å². The van der Waals surface area contributed by atoms with Crippen LogP contribution in [0, 0.1) is 39.6 Å². The molecule has 1 saturated carbocycles. The predicted octanol–water partition coefficient (Wildman–Crippen LogP) is 8.78. The number of phenolic OH excluding ortho intramolecular Hbond substituents is 1. The SMILES string of the molecule is COc1cc(Br)cc([C@H]2C3=CC[C@@H]4C(=O)N(c5ccc(I)cc5)C(=O)[C@@H]4[C@@H]3C[C@H]3C(=O)N(c4cc(-c5sc6ccc(Cl)cc6c5C)nn4C)C(=O)[C@@]23C)c1O. The second-order valence-corrected chi connectivity index (χ2v) is 18.6. The number of allylic oxidation sites excluding steroid dienone is 2. The lowest BCUT2D eigenvalue weighted by atomic mass is 9.51. The smallest absolute Gasteiger partial charge is 0.242 e. The number of imide groups is 2. The fraction of sp³-hybridized carbons (Fsp3) is 0.293. The minimum absolute atomic E-state index is 0.157. The standard InChI is InChI=1S/C41H33BrClIN4O6S/c1-18-25-15-20(43)5-12-31(25)55-36(18)29-17-32(46(3)45-29)48-38(51)28-16-26-23(34(41(28,2)40(48)53)27-13-19(42)14-30(54-4)35(27)49)10-11-24-33(26)39(52)47(37(24)50)22-8-6-21(44)7-9-22/h5-10,12-15,17,24,26,28,33-34,49H,11,16H2,1-4H3/t24-,26+,28-,33-,34+,41+/m0/s1. The molecular weight excluding hydrogens is 919 g/mol. The second kappa shape index (κ2) is 13.0. The van der Waals surface area contributed by atoms with E-state index in [1.54, 1.807) is 60.3 Å². The number of carbonyl (C=O) groups excluding carboxylic acids is 4. The largest absolute Gasteiger partial charge is 0.504 e. The van der Waals surface area contributed by atoms with Gasteiger partial charge in [-0.05, 0) is 121 Å². The zero-order valence-electron chi connectivity index (χ0n) is 30.0. The molecule has 0 spiro atoms. The van der Waals surface area contributed by atoms with Gasteiger partial charge in [-0.3, -0.25) is 28.8 Å². The zero-order chi connectivity index (χ0) is 38.8. The Labute approximate surface area is 347 Å².